The first-order valence-corrected chi connectivity index (χ1v) is 8.13. The molecule has 1 aliphatic carbocycles. The van der Waals surface area contributed by atoms with Crippen molar-refractivity contribution in [1.82, 2.24) is 15.3 Å². The van der Waals surface area contributed by atoms with E-state index in [1.54, 1.807) is 11.3 Å². The van der Waals surface area contributed by atoms with Gasteiger partial charge < -0.3 is 16.0 Å². The lowest BCUT2D eigenvalue weighted by Crippen LogP contribution is -2.51. The number of carbonyl (C=O) groups excluding carboxylic acids is 1. The van der Waals surface area contributed by atoms with Crippen LogP contribution in [0.1, 0.15) is 41.2 Å². The molecular weight excluding hydrogens is 355 g/mol. The normalized spacial score (nSPS) is 15.6. The summed E-state index contributed by atoms with van der Waals surface area (Å²) in [6.45, 7) is 2.47. The summed E-state index contributed by atoms with van der Waals surface area (Å²) in [5, 5.41) is 6.13. The number of nitrogens with zero attached hydrogens (tertiary/aromatic N) is 1. The maximum absolute atomic E-state index is 12.4. The molecule has 0 aromatic carbocycles. The van der Waals surface area contributed by atoms with E-state index in [9.17, 15) is 4.79 Å². The molecule has 128 valence electrons. The summed E-state index contributed by atoms with van der Waals surface area (Å²) in [4.78, 5) is 19.9. The van der Waals surface area contributed by atoms with Gasteiger partial charge in [0.2, 0.25) is 0 Å². The maximum atomic E-state index is 12.4. The van der Waals surface area contributed by atoms with Crippen molar-refractivity contribution in [3.8, 4) is 11.3 Å². The maximum Gasteiger partial charge on any atom is 0.268 e. The summed E-state index contributed by atoms with van der Waals surface area (Å²) in [6, 6.07) is 1.85. The van der Waals surface area contributed by atoms with Gasteiger partial charge in [0.25, 0.3) is 5.91 Å². The number of H-pyrrole nitrogens is 1. The number of aromatic amines is 1. The van der Waals surface area contributed by atoms with Crippen molar-refractivity contribution in [2.75, 3.05) is 6.54 Å². The summed E-state index contributed by atoms with van der Waals surface area (Å²) < 4.78 is 0. The van der Waals surface area contributed by atoms with Crippen LogP contribution in [0.3, 0.4) is 0 Å². The Labute approximate surface area is 152 Å². The minimum Gasteiger partial charge on any atom is -0.357 e. The Morgan fingerprint density at radius 1 is 1.43 bits per heavy atom. The molecule has 8 heteroatoms. The molecule has 0 spiro atoms. The van der Waals surface area contributed by atoms with Crippen molar-refractivity contribution in [2.24, 2.45) is 5.73 Å². The predicted molar refractivity (Wildman–Crippen MR) is 98.9 cm³/mol. The van der Waals surface area contributed by atoms with Crippen LogP contribution in [-0.4, -0.2) is 28.0 Å². The molecule has 0 atom stereocenters. The first-order chi connectivity index (χ1) is 10.1. The third-order valence-corrected chi connectivity index (χ3v) is 4.95. The van der Waals surface area contributed by atoms with Gasteiger partial charge in [0.15, 0.2) is 0 Å². The molecule has 0 saturated heterocycles. The van der Waals surface area contributed by atoms with Crippen LogP contribution >= 0.6 is 36.2 Å². The second kappa shape index (κ2) is 8.15. The zero-order chi connectivity index (χ0) is 14.9. The largest absolute Gasteiger partial charge is 0.357 e. The predicted octanol–water partition coefficient (Wildman–Crippen LogP) is 3.29. The molecule has 23 heavy (non-hydrogen) atoms. The van der Waals surface area contributed by atoms with Gasteiger partial charge in [0, 0.05) is 23.7 Å². The monoisotopic (exact) mass is 376 g/mol. The lowest BCUT2D eigenvalue weighted by atomic mass is 9.97. The fourth-order valence-electron chi connectivity index (χ4n) is 2.91. The van der Waals surface area contributed by atoms with Gasteiger partial charge in [-0.05, 0) is 25.8 Å². The average molecular weight is 377 g/mol. The lowest BCUT2D eigenvalue weighted by molar-refractivity contribution is 0.0898. The number of nitrogens with one attached hydrogen (secondary N) is 2. The van der Waals surface area contributed by atoms with E-state index in [2.05, 4.69) is 15.3 Å². The molecule has 4 N–H and O–H groups in total. The third-order valence-electron chi connectivity index (χ3n) is 4.17. The second-order valence-corrected chi connectivity index (χ2v) is 6.76. The molecule has 2 aromatic heterocycles. The molecule has 2 aromatic rings. The second-order valence-electron chi connectivity index (χ2n) is 5.70. The van der Waals surface area contributed by atoms with E-state index in [0.717, 1.165) is 41.9 Å². The molecule has 3 rings (SSSR count). The molecule has 2 heterocycles. The van der Waals surface area contributed by atoms with Crippen LogP contribution < -0.4 is 11.1 Å². The molecule has 0 unspecified atom stereocenters. The van der Waals surface area contributed by atoms with Gasteiger partial charge in [-0.25, -0.2) is 4.98 Å². The van der Waals surface area contributed by atoms with Gasteiger partial charge in [-0.3, -0.25) is 4.79 Å². The third kappa shape index (κ3) is 4.26. The molecule has 1 fully saturated rings. The fraction of sp³-hybridized carbons (Fsp3) is 0.467. The van der Waals surface area contributed by atoms with Gasteiger partial charge in [-0.1, -0.05) is 12.8 Å². The topological polar surface area (TPSA) is 83.8 Å². The summed E-state index contributed by atoms with van der Waals surface area (Å²) >= 11 is 1.60. The van der Waals surface area contributed by atoms with Crippen molar-refractivity contribution >= 4 is 42.1 Å². The zero-order valence-electron chi connectivity index (χ0n) is 12.9. The first-order valence-electron chi connectivity index (χ1n) is 7.25. The number of thiazole rings is 1. The van der Waals surface area contributed by atoms with E-state index in [4.69, 9.17) is 5.73 Å². The summed E-state index contributed by atoms with van der Waals surface area (Å²) in [6.07, 6.45) is 6.02. The summed E-state index contributed by atoms with van der Waals surface area (Å²) in [5.41, 5.74) is 8.05. The van der Waals surface area contributed by atoms with E-state index >= 15 is 0 Å². The van der Waals surface area contributed by atoms with Crippen LogP contribution in [0.5, 0.6) is 0 Å². The van der Waals surface area contributed by atoms with Crippen LogP contribution in [0.4, 0.5) is 0 Å². The Morgan fingerprint density at radius 3 is 2.70 bits per heavy atom. The highest BCUT2D eigenvalue weighted by Gasteiger charge is 2.34. The fourth-order valence-corrected chi connectivity index (χ4v) is 3.53. The number of halogens is 2. The minimum atomic E-state index is -0.223. The van der Waals surface area contributed by atoms with E-state index in [0.29, 0.717) is 12.2 Å². The van der Waals surface area contributed by atoms with E-state index < -0.39 is 0 Å². The van der Waals surface area contributed by atoms with Crippen LogP contribution in [0.15, 0.2) is 17.6 Å². The quantitative estimate of drug-likeness (QED) is 0.765. The van der Waals surface area contributed by atoms with Crippen molar-refractivity contribution in [2.45, 2.75) is 38.1 Å². The first kappa shape index (κ1) is 20.0. The molecule has 1 saturated carbocycles. The van der Waals surface area contributed by atoms with Gasteiger partial charge >= 0.3 is 0 Å². The average Bonchev–Trinajstić information content (AvgIpc) is 3.18. The molecular formula is C15H22Cl2N4OS. The van der Waals surface area contributed by atoms with Gasteiger partial charge in [0.1, 0.15) is 5.69 Å². The lowest BCUT2D eigenvalue weighted by Gasteiger charge is -2.28. The minimum absolute atomic E-state index is 0. The smallest absolute Gasteiger partial charge is 0.268 e. The van der Waals surface area contributed by atoms with E-state index in [-0.39, 0.29) is 36.3 Å². The zero-order valence-corrected chi connectivity index (χ0v) is 15.4. The molecule has 1 aliphatic rings. The molecule has 0 bridgehead atoms. The Morgan fingerprint density at radius 2 is 2.13 bits per heavy atom. The highest BCUT2D eigenvalue weighted by molar-refractivity contribution is 7.09. The number of amides is 1. The molecule has 5 nitrogen and oxygen atoms in total. The Bertz CT molecular complexity index is 649. The standard InChI is InChI=1S/C15H20N4OS.2ClH/c1-10-18-13(8-21-10)11-6-12(17-7-11)14(20)19-15(9-16)4-2-3-5-15;;/h6-8,17H,2-5,9,16H2,1H3,(H,19,20);2*1H. The number of rotatable bonds is 4. The Hall–Kier alpha value is -1.08. The number of hydrogen-bond acceptors (Lipinski definition) is 4. The highest BCUT2D eigenvalue weighted by Crippen LogP contribution is 2.29. The van der Waals surface area contributed by atoms with Crippen molar-refractivity contribution in [3.63, 3.8) is 0 Å². The Kier molecular flexibility index (Phi) is 7.07. The van der Waals surface area contributed by atoms with Gasteiger partial charge in [-0.15, -0.1) is 36.2 Å². The summed E-state index contributed by atoms with van der Waals surface area (Å²) in [7, 11) is 0. The van der Waals surface area contributed by atoms with E-state index in [1.165, 1.54) is 0 Å². The van der Waals surface area contributed by atoms with Crippen LogP contribution in [0, 0.1) is 6.92 Å². The molecule has 1 amide bonds. The van der Waals surface area contributed by atoms with Crippen molar-refractivity contribution < 1.29 is 4.79 Å². The van der Waals surface area contributed by atoms with Crippen molar-refractivity contribution in [3.05, 3.63) is 28.3 Å². The summed E-state index contributed by atoms with van der Waals surface area (Å²) in [5.74, 6) is -0.0828. The van der Waals surface area contributed by atoms with Crippen LogP contribution in [0.2, 0.25) is 0 Å². The number of aryl methyl sites for hydroxylation is 1. The number of aromatic nitrogens is 2. The van der Waals surface area contributed by atoms with Gasteiger partial charge in [0.05, 0.1) is 16.2 Å². The molecule has 0 aliphatic heterocycles. The SMILES string of the molecule is Cc1nc(-c2c[nH]c(C(=O)NC3(CN)CCCC3)c2)cs1.Cl.Cl. The Balaban J connectivity index is 0.00000132. The molecule has 0 radical (unpaired) electrons. The number of carbonyl (C=O) groups is 1. The highest BCUT2D eigenvalue weighted by atomic mass is 35.5. The number of nitrogens with two attached hydrogens (primary N) is 1. The van der Waals surface area contributed by atoms with E-state index in [1.807, 2.05) is 24.6 Å². The van der Waals surface area contributed by atoms with Crippen LogP contribution in [-0.2, 0) is 0 Å². The van der Waals surface area contributed by atoms with Gasteiger partial charge in [-0.2, -0.15) is 0 Å². The van der Waals surface area contributed by atoms with Crippen molar-refractivity contribution in [1.29, 1.82) is 0 Å². The number of hydrogen-bond donors (Lipinski definition) is 3. The van der Waals surface area contributed by atoms with Crippen LogP contribution in [0.25, 0.3) is 11.3 Å².